The number of carbonyl (C=O) groups excluding carboxylic acids is 1. The molecule has 6 rings (SSSR count). The number of benzene rings is 1. The van der Waals surface area contributed by atoms with E-state index in [0.717, 1.165) is 22.6 Å². The Balaban J connectivity index is 1.42. The first-order chi connectivity index (χ1) is 10.7. The Bertz CT molecular complexity index is 678. The molecule has 0 aliphatic heterocycles. The van der Waals surface area contributed by atoms with Gasteiger partial charge in [-0.2, -0.15) is 0 Å². The summed E-state index contributed by atoms with van der Waals surface area (Å²) in [7, 11) is 0. The average Bonchev–Trinajstić information content (AvgIpc) is 2.89. The maximum Gasteiger partial charge on any atom is 0.261 e. The van der Waals surface area contributed by atoms with Crippen molar-refractivity contribution in [2.24, 2.45) is 17.8 Å². The molecule has 0 radical (unpaired) electrons. The molecule has 4 aliphatic carbocycles. The van der Waals surface area contributed by atoms with E-state index in [1.165, 1.54) is 48.6 Å². The van der Waals surface area contributed by atoms with Crippen molar-refractivity contribution in [1.29, 1.82) is 0 Å². The number of hydrogen-bond acceptors (Lipinski definition) is 2. The van der Waals surface area contributed by atoms with E-state index in [1.54, 1.807) is 11.3 Å². The van der Waals surface area contributed by atoms with Gasteiger partial charge in [0.2, 0.25) is 0 Å². The minimum atomic E-state index is 0.113. The number of thiophene rings is 1. The molecule has 3 heteroatoms. The number of amides is 1. The van der Waals surface area contributed by atoms with E-state index in [0.29, 0.717) is 0 Å². The number of nitrogens with one attached hydrogen (secondary N) is 1. The lowest BCUT2D eigenvalue weighted by molar-refractivity contribution is -0.0166. The van der Waals surface area contributed by atoms with E-state index in [1.807, 2.05) is 12.1 Å². The third kappa shape index (κ3) is 2.02. The van der Waals surface area contributed by atoms with E-state index in [9.17, 15) is 4.79 Å². The molecule has 114 valence electrons. The summed E-state index contributed by atoms with van der Waals surface area (Å²) in [4.78, 5) is 13.7. The Kier molecular flexibility index (Phi) is 2.73. The van der Waals surface area contributed by atoms with Crippen molar-refractivity contribution < 1.29 is 4.79 Å². The van der Waals surface area contributed by atoms with Crippen molar-refractivity contribution in [3.05, 3.63) is 35.2 Å². The smallest absolute Gasteiger partial charge is 0.261 e. The molecule has 22 heavy (non-hydrogen) atoms. The van der Waals surface area contributed by atoms with Crippen LogP contribution < -0.4 is 5.32 Å². The van der Waals surface area contributed by atoms with Crippen molar-refractivity contribution in [2.45, 2.75) is 44.1 Å². The molecule has 1 heterocycles. The zero-order valence-corrected chi connectivity index (χ0v) is 13.5. The molecule has 0 unspecified atom stereocenters. The fourth-order valence-electron chi connectivity index (χ4n) is 5.66. The highest BCUT2D eigenvalue weighted by molar-refractivity contribution is 7.20. The summed E-state index contributed by atoms with van der Waals surface area (Å²) in [5, 5.41) is 4.66. The van der Waals surface area contributed by atoms with Crippen molar-refractivity contribution >= 4 is 27.3 Å². The van der Waals surface area contributed by atoms with Gasteiger partial charge < -0.3 is 5.32 Å². The van der Waals surface area contributed by atoms with Gasteiger partial charge in [-0.3, -0.25) is 4.79 Å². The van der Waals surface area contributed by atoms with Crippen LogP contribution in [0.5, 0.6) is 0 Å². The molecular formula is C19H21NOS. The lowest BCUT2D eigenvalue weighted by Gasteiger charge is -2.56. The van der Waals surface area contributed by atoms with E-state index in [2.05, 4.69) is 23.5 Å². The van der Waals surface area contributed by atoms with Crippen molar-refractivity contribution in [3.63, 3.8) is 0 Å². The first-order valence-electron chi connectivity index (χ1n) is 8.50. The molecule has 4 fully saturated rings. The molecule has 4 aliphatic rings. The standard InChI is InChI=1S/C19H21NOS/c21-18(17-8-15-3-1-2-4-16(15)22-17)20-19-9-12-5-13(10-19)7-14(6-12)11-19/h1-4,8,12-14H,5-7,9-11H2,(H,20,21). The van der Waals surface area contributed by atoms with Crippen LogP contribution >= 0.6 is 11.3 Å². The van der Waals surface area contributed by atoms with Crippen LogP contribution in [0.3, 0.4) is 0 Å². The largest absolute Gasteiger partial charge is 0.346 e. The van der Waals surface area contributed by atoms with Crippen LogP contribution in [0.1, 0.15) is 48.2 Å². The van der Waals surface area contributed by atoms with Crippen molar-refractivity contribution in [2.75, 3.05) is 0 Å². The SMILES string of the molecule is O=C(NC12CC3CC(CC(C3)C1)C2)c1cc2ccccc2s1. The second-order valence-electron chi connectivity index (χ2n) is 7.80. The summed E-state index contributed by atoms with van der Waals surface area (Å²) in [6.45, 7) is 0. The van der Waals surface area contributed by atoms with Crippen LogP contribution in [0.4, 0.5) is 0 Å². The van der Waals surface area contributed by atoms with Gasteiger partial charge in [0, 0.05) is 10.2 Å². The maximum atomic E-state index is 12.8. The summed E-state index contributed by atoms with van der Waals surface area (Å²) >= 11 is 1.62. The summed E-state index contributed by atoms with van der Waals surface area (Å²) in [5.74, 6) is 2.76. The fraction of sp³-hybridized carbons (Fsp3) is 0.526. The Morgan fingerprint density at radius 2 is 1.68 bits per heavy atom. The first-order valence-corrected chi connectivity index (χ1v) is 9.32. The van der Waals surface area contributed by atoms with Gasteiger partial charge in [0.05, 0.1) is 4.88 Å². The summed E-state index contributed by atoms with van der Waals surface area (Å²) in [6.07, 6.45) is 7.90. The van der Waals surface area contributed by atoms with Crippen molar-refractivity contribution in [1.82, 2.24) is 5.32 Å². The van der Waals surface area contributed by atoms with Crippen LogP contribution in [0, 0.1) is 17.8 Å². The van der Waals surface area contributed by atoms with Gasteiger partial charge in [-0.1, -0.05) is 18.2 Å². The zero-order chi connectivity index (χ0) is 14.7. The molecule has 2 nitrogen and oxygen atoms in total. The van der Waals surface area contributed by atoms with Gasteiger partial charge in [0.25, 0.3) is 5.91 Å². The number of carbonyl (C=O) groups is 1. The second kappa shape index (κ2) is 4.58. The molecule has 4 bridgehead atoms. The topological polar surface area (TPSA) is 29.1 Å². The van der Waals surface area contributed by atoms with Crippen molar-refractivity contribution in [3.8, 4) is 0 Å². The summed E-state index contributed by atoms with van der Waals surface area (Å²) in [6, 6.07) is 10.3. The van der Waals surface area contributed by atoms with Gasteiger partial charge in [0.15, 0.2) is 0 Å². The lowest BCUT2D eigenvalue weighted by atomic mass is 9.53. The molecule has 2 aromatic rings. The van der Waals surface area contributed by atoms with E-state index < -0.39 is 0 Å². The average molecular weight is 311 g/mol. The summed E-state index contributed by atoms with van der Waals surface area (Å²) < 4.78 is 1.21. The predicted molar refractivity (Wildman–Crippen MR) is 90.2 cm³/mol. The molecule has 1 N–H and O–H groups in total. The number of rotatable bonds is 2. The molecule has 0 atom stereocenters. The molecule has 1 aromatic carbocycles. The molecule has 0 spiro atoms. The zero-order valence-electron chi connectivity index (χ0n) is 12.7. The van der Waals surface area contributed by atoms with Crippen LogP contribution in [-0.4, -0.2) is 11.4 Å². The van der Waals surface area contributed by atoms with Crippen LogP contribution in [-0.2, 0) is 0 Å². The van der Waals surface area contributed by atoms with Crippen LogP contribution in [0.2, 0.25) is 0 Å². The van der Waals surface area contributed by atoms with E-state index in [-0.39, 0.29) is 11.4 Å². The highest BCUT2D eigenvalue weighted by Gasteiger charge is 2.51. The van der Waals surface area contributed by atoms with Crippen LogP contribution in [0.25, 0.3) is 10.1 Å². The molecular weight excluding hydrogens is 290 g/mol. The van der Waals surface area contributed by atoms with Gasteiger partial charge in [-0.25, -0.2) is 0 Å². The molecule has 0 saturated heterocycles. The monoisotopic (exact) mass is 311 g/mol. The van der Waals surface area contributed by atoms with Gasteiger partial charge >= 0.3 is 0 Å². The molecule has 4 saturated carbocycles. The number of hydrogen-bond donors (Lipinski definition) is 1. The Hall–Kier alpha value is -1.35. The van der Waals surface area contributed by atoms with E-state index >= 15 is 0 Å². The molecule has 1 aromatic heterocycles. The van der Waals surface area contributed by atoms with Gasteiger partial charge in [-0.05, 0) is 73.8 Å². The predicted octanol–water partition coefficient (Wildman–Crippen LogP) is 4.60. The maximum absolute atomic E-state index is 12.8. The Morgan fingerprint density at radius 3 is 2.32 bits per heavy atom. The minimum Gasteiger partial charge on any atom is -0.346 e. The second-order valence-corrected chi connectivity index (χ2v) is 8.88. The lowest BCUT2D eigenvalue weighted by Crippen LogP contribution is -2.59. The first kappa shape index (κ1) is 13.1. The third-order valence-corrected chi connectivity index (χ3v) is 7.18. The quantitative estimate of drug-likeness (QED) is 0.863. The highest BCUT2D eigenvalue weighted by Crippen LogP contribution is 2.55. The Morgan fingerprint density at radius 1 is 1.05 bits per heavy atom. The summed E-state index contributed by atoms with van der Waals surface area (Å²) in [5.41, 5.74) is 0.113. The van der Waals surface area contributed by atoms with Gasteiger partial charge in [-0.15, -0.1) is 11.3 Å². The Labute approximate surface area is 134 Å². The molecule has 1 amide bonds. The third-order valence-electron chi connectivity index (χ3n) is 6.07. The van der Waals surface area contributed by atoms with E-state index in [4.69, 9.17) is 0 Å². The fourth-order valence-corrected chi connectivity index (χ4v) is 6.62. The normalized spacial score (nSPS) is 35.9. The minimum absolute atomic E-state index is 0.113. The highest BCUT2D eigenvalue weighted by atomic mass is 32.1. The van der Waals surface area contributed by atoms with Crippen LogP contribution in [0.15, 0.2) is 30.3 Å². The number of fused-ring (bicyclic) bond motifs is 1. The van der Waals surface area contributed by atoms with Gasteiger partial charge in [0.1, 0.15) is 0 Å².